The van der Waals surface area contributed by atoms with Crippen LogP contribution in [0.15, 0.2) is 11.6 Å². The van der Waals surface area contributed by atoms with E-state index >= 15 is 0 Å². The van der Waals surface area contributed by atoms with Crippen molar-refractivity contribution in [3.05, 3.63) is 22.3 Å². The highest BCUT2D eigenvalue weighted by molar-refractivity contribution is 7.20. The van der Waals surface area contributed by atoms with E-state index in [4.69, 9.17) is 5.73 Å². The summed E-state index contributed by atoms with van der Waals surface area (Å²) in [7, 11) is 0. The molecule has 2 heterocycles. The van der Waals surface area contributed by atoms with Crippen molar-refractivity contribution in [1.82, 2.24) is 9.97 Å². The minimum absolute atomic E-state index is 0.509. The first kappa shape index (κ1) is 8.80. The third-order valence-electron chi connectivity index (χ3n) is 1.56. The Morgan fingerprint density at radius 1 is 1.54 bits per heavy atom. The molecule has 2 N–H and O–H groups in total. The summed E-state index contributed by atoms with van der Waals surface area (Å²) in [5, 5.41) is 4.04. The second kappa shape index (κ2) is 3.53. The van der Waals surface area contributed by atoms with Gasteiger partial charge in [0.25, 0.3) is 0 Å². The molecule has 0 aliphatic rings. The van der Waals surface area contributed by atoms with E-state index in [1.165, 1.54) is 0 Å². The Balaban J connectivity index is 2.35. The van der Waals surface area contributed by atoms with Crippen molar-refractivity contribution in [1.29, 1.82) is 0 Å². The molecule has 0 atom stereocenters. The Morgan fingerprint density at radius 2 is 2.38 bits per heavy atom. The van der Waals surface area contributed by atoms with Gasteiger partial charge in [-0.15, -0.1) is 22.7 Å². The van der Waals surface area contributed by atoms with Gasteiger partial charge in [-0.3, -0.25) is 0 Å². The lowest BCUT2D eigenvalue weighted by Crippen LogP contribution is -1.93. The molecule has 5 heteroatoms. The Bertz CT molecular complexity index is 405. The second-order valence-electron chi connectivity index (χ2n) is 2.62. The first-order valence-corrected chi connectivity index (χ1v) is 5.56. The van der Waals surface area contributed by atoms with Gasteiger partial charge in [0.05, 0.1) is 4.88 Å². The highest BCUT2D eigenvalue weighted by atomic mass is 32.1. The summed E-state index contributed by atoms with van der Waals surface area (Å²) in [5.74, 6) is 0. The molecule has 0 amide bonds. The lowest BCUT2D eigenvalue weighted by Gasteiger charge is -1.85. The predicted molar refractivity (Wildman–Crippen MR) is 55.9 cm³/mol. The number of hydrogen-bond acceptors (Lipinski definition) is 5. The molecule has 2 aromatic heterocycles. The highest BCUT2D eigenvalue weighted by Gasteiger charge is 2.06. The summed E-state index contributed by atoms with van der Waals surface area (Å²) in [6, 6.07) is 0. The molecule has 2 aromatic rings. The minimum Gasteiger partial charge on any atom is -0.325 e. The van der Waals surface area contributed by atoms with Crippen molar-refractivity contribution in [3.63, 3.8) is 0 Å². The van der Waals surface area contributed by atoms with Crippen molar-refractivity contribution < 1.29 is 0 Å². The van der Waals surface area contributed by atoms with Gasteiger partial charge in [-0.25, -0.2) is 9.97 Å². The summed E-state index contributed by atoms with van der Waals surface area (Å²) in [6.45, 7) is 2.50. The maximum atomic E-state index is 5.48. The Hall–Kier alpha value is -0.780. The quantitative estimate of drug-likeness (QED) is 0.827. The van der Waals surface area contributed by atoms with Crippen molar-refractivity contribution >= 4 is 22.7 Å². The van der Waals surface area contributed by atoms with E-state index in [0.717, 1.165) is 20.6 Å². The van der Waals surface area contributed by atoms with Gasteiger partial charge >= 0.3 is 0 Å². The molecule has 0 fully saturated rings. The van der Waals surface area contributed by atoms with Gasteiger partial charge < -0.3 is 5.73 Å². The van der Waals surface area contributed by atoms with E-state index in [1.54, 1.807) is 22.7 Å². The number of thiazole rings is 2. The first-order chi connectivity index (χ1) is 6.29. The fourth-order valence-corrected chi connectivity index (χ4v) is 2.62. The number of aryl methyl sites for hydroxylation is 1. The summed E-state index contributed by atoms with van der Waals surface area (Å²) in [4.78, 5) is 9.67. The maximum Gasteiger partial charge on any atom is 0.135 e. The smallest absolute Gasteiger partial charge is 0.135 e. The molecular formula is C8H9N3S2. The number of aromatic nitrogens is 2. The Kier molecular flexibility index (Phi) is 2.39. The molecule has 0 saturated heterocycles. The van der Waals surface area contributed by atoms with Crippen LogP contribution in [0.1, 0.15) is 10.7 Å². The van der Waals surface area contributed by atoms with Gasteiger partial charge in [0.2, 0.25) is 0 Å². The molecular weight excluding hydrogens is 202 g/mol. The summed E-state index contributed by atoms with van der Waals surface area (Å²) < 4.78 is 0. The molecule has 68 valence electrons. The van der Waals surface area contributed by atoms with Gasteiger partial charge in [-0.1, -0.05) is 0 Å². The van der Waals surface area contributed by atoms with Gasteiger partial charge in [0.15, 0.2) is 0 Å². The average Bonchev–Trinajstić information content (AvgIpc) is 2.71. The molecule has 2 rings (SSSR count). The predicted octanol–water partition coefficient (Wildman–Crippen LogP) is 2.03. The van der Waals surface area contributed by atoms with Crippen LogP contribution in [0.3, 0.4) is 0 Å². The van der Waals surface area contributed by atoms with E-state index < -0.39 is 0 Å². The molecule has 0 unspecified atom stereocenters. The van der Waals surface area contributed by atoms with Crippen molar-refractivity contribution in [2.75, 3.05) is 0 Å². The summed E-state index contributed by atoms with van der Waals surface area (Å²) in [6.07, 6.45) is 1.84. The summed E-state index contributed by atoms with van der Waals surface area (Å²) in [5.41, 5.74) is 6.54. The zero-order chi connectivity index (χ0) is 9.26. The normalized spacial score (nSPS) is 10.6. The Morgan fingerprint density at radius 3 is 2.92 bits per heavy atom. The second-order valence-corrected chi connectivity index (χ2v) is 4.59. The van der Waals surface area contributed by atoms with Crippen LogP contribution >= 0.6 is 22.7 Å². The topological polar surface area (TPSA) is 51.8 Å². The fourth-order valence-electron chi connectivity index (χ4n) is 0.971. The van der Waals surface area contributed by atoms with E-state index in [-0.39, 0.29) is 0 Å². The molecule has 0 aliphatic heterocycles. The lowest BCUT2D eigenvalue weighted by molar-refractivity contribution is 1.04. The van der Waals surface area contributed by atoms with Crippen LogP contribution in [-0.4, -0.2) is 9.97 Å². The molecule has 0 aliphatic carbocycles. The average molecular weight is 211 g/mol. The molecule has 0 spiro atoms. The van der Waals surface area contributed by atoms with Gasteiger partial charge in [-0.05, 0) is 6.92 Å². The number of nitrogens with zero attached hydrogens (tertiary/aromatic N) is 2. The zero-order valence-electron chi connectivity index (χ0n) is 7.15. The Labute approximate surface area is 84.3 Å². The van der Waals surface area contributed by atoms with Crippen LogP contribution in [0.25, 0.3) is 9.88 Å². The minimum atomic E-state index is 0.509. The van der Waals surface area contributed by atoms with E-state index in [9.17, 15) is 0 Å². The third kappa shape index (κ3) is 1.77. The molecule has 0 aromatic carbocycles. The van der Waals surface area contributed by atoms with Gasteiger partial charge in [0, 0.05) is 23.8 Å². The van der Waals surface area contributed by atoms with Crippen molar-refractivity contribution in [2.45, 2.75) is 13.5 Å². The largest absolute Gasteiger partial charge is 0.325 e. The van der Waals surface area contributed by atoms with Gasteiger partial charge in [-0.2, -0.15) is 0 Å². The fraction of sp³-hybridized carbons (Fsp3) is 0.250. The van der Waals surface area contributed by atoms with Crippen LogP contribution in [0.2, 0.25) is 0 Å². The monoisotopic (exact) mass is 211 g/mol. The van der Waals surface area contributed by atoms with E-state index in [1.807, 2.05) is 18.5 Å². The maximum absolute atomic E-state index is 5.48. The molecule has 0 saturated carbocycles. The van der Waals surface area contributed by atoms with E-state index in [0.29, 0.717) is 6.54 Å². The molecule has 0 radical (unpaired) electrons. The zero-order valence-corrected chi connectivity index (χ0v) is 8.78. The van der Waals surface area contributed by atoms with Crippen LogP contribution in [0.4, 0.5) is 0 Å². The lowest BCUT2D eigenvalue weighted by atomic mass is 10.5. The number of rotatable bonds is 2. The van der Waals surface area contributed by atoms with Crippen LogP contribution in [0.5, 0.6) is 0 Å². The third-order valence-corrected chi connectivity index (χ3v) is 3.71. The first-order valence-electron chi connectivity index (χ1n) is 3.87. The molecule has 13 heavy (non-hydrogen) atoms. The van der Waals surface area contributed by atoms with Crippen LogP contribution in [0, 0.1) is 6.92 Å². The molecule has 3 nitrogen and oxygen atoms in total. The molecule has 0 bridgehead atoms. The van der Waals surface area contributed by atoms with Crippen molar-refractivity contribution in [2.24, 2.45) is 5.73 Å². The number of nitrogens with two attached hydrogens (primary N) is 1. The van der Waals surface area contributed by atoms with Crippen LogP contribution < -0.4 is 5.73 Å². The highest BCUT2D eigenvalue weighted by Crippen LogP contribution is 2.28. The summed E-state index contributed by atoms with van der Waals surface area (Å²) >= 11 is 3.26. The van der Waals surface area contributed by atoms with E-state index in [2.05, 4.69) is 9.97 Å². The number of hydrogen-bond donors (Lipinski definition) is 1. The standard InChI is InChI=1S/C8H9N3S2/c1-5-4-12-8(11-5)6-3-10-7(2-9)13-6/h3-4H,2,9H2,1H3. The van der Waals surface area contributed by atoms with Crippen molar-refractivity contribution in [3.8, 4) is 9.88 Å². The van der Waals surface area contributed by atoms with Crippen LogP contribution in [-0.2, 0) is 6.54 Å². The SMILES string of the molecule is Cc1csc(-c2cnc(CN)s2)n1. The van der Waals surface area contributed by atoms with Gasteiger partial charge in [0.1, 0.15) is 10.0 Å².